The van der Waals surface area contributed by atoms with Crippen molar-refractivity contribution < 1.29 is 9.53 Å². The Labute approximate surface area is 99.2 Å². The SMILES string of the molecule is Cn1cc(C#N)c(NC(=O)C2(C)CCCO2)n1. The van der Waals surface area contributed by atoms with Crippen molar-refractivity contribution in [1.82, 2.24) is 9.78 Å². The fourth-order valence-electron chi connectivity index (χ4n) is 1.86. The van der Waals surface area contributed by atoms with Crippen molar-refractivity contribution in [3.8, 4) is 6.07 Å². The normalized spacial score (nSPS) is 23.4. The van der Waals surface area contributed by atoms with Crippen LogP contribution in [0, 0.1) is 11.3 Å². The van der Waals surface area contributed by atoms with Crippen LogP contribution >= 0.6 is 0 Å². The zero-order valence-electron chi connectivity index (χ0n) is 9.86. The third-order valence-corrected chi connectivity index (χ3v) is 2.88. The van der Waals surface area contributed by atoms with Crippen LogP contribution in [0.15, 0.2) is 6.20 Å². The summed E-state index contributed by atoms with van der Waals surface area (Å²) in [5.41, 5.74) is -0.452. The number of nitrogens with zero attached hydrogens (tertiary/aromatic N) is 3. The monoisotopic (exact) mass is 234 g/mol. The third kappa shape index (κ3) is 2.15. The predicted molar refractivity (Wildman–Crippen MR) is 60.1 cm³/mol. The number of nitrogens with one attached hydrogen (secondary N) is 1. The molecule has 0 aromatic carbocycles. The van der Waals surface area contributed by atoms with Crippen LogP contribution in [0.25, 0.3) is 0 Å². The molecule has 0 aliphatic carbocycles. The van der Waals surface area contributed by atoms with Crippen LogP contribution in [0.2, 0.25) is 0 Å². The smallest absolute Gasteiger partial charge is 0.257 e. The van der Waals surface area contributed by atoms with Gasteiger partial charge in [0.05, 0.1) is 0 Å². The van der Waals surface area contributed by atoms with Crippen molar-refractivity contribution in [2.75, 3.05) is 11.9 Å². The van der Waals surface area contributed by atoms with E-state index in [2.05, 4.69) is 10.4 Å². The summed E-state index contributed by atoms with van der Waals surface area (Å²) in [4.78, 5) is 12.0. The van der Waals surface area contributed by atoms with E-state index >= 15 is 0 Å². The van der Waals surface area contributed by atoms with E-state index in [1.54, 1.807) is 20.2 Å². The lowest BCUT2D eigenvalue weighted by atomic mass is 10.0. The molecule has 0 bridgehead atoms. The van der Waals surface area contributed by atoms with E-state index in [0.717, 1.165) is 6.42 Å². The van der Waals surface area contributed by atoms with Crippen LogP contribution in [0.5, 0.6) is 0 Å². The molecule has 17 heavy (non-hydrogen) atoms. The highest BCUT2D eigenvalue weighted by Gasteiger charge is 2.38. The van der Waals surface area contributed by atoms with Gasteiger partial charge >= 0.3 is 0 Å². The summed E-state index contributed by atoms with van der Waals surface area (Å²) in [6, 6.07) is 1.99. The lowest BCUT2D eigenvalue weighted by Gasteiger charge is -2.21. The van der Waals surface area contributed by atoms with Gasteiger partial charge in [-0.1, -0.05) is 0 Å². The van der Waals surface area contributed by atoms with Gasteiger partial charge in [-0.3, -0.25) is 9.48 Å². The maximum absolute atomic E-state index is 12.0. The Morgan fingerprint density at radius 1 is 1.76 bits per heavy atom. The quantitative estimate of drug-likeness (QED) is 0.820. The summed E-state index contributed by atoms with van der Waals surface area (Å²) in [6.45, 7) is 2.35. The van der Waals surface area contributed by atoms with Crippen molar-refractivity contribution in [1.29, 1.82) is 5.26 Å². The minimum absolute atomic E-state index is 0.245. The number of carbonyl (C=O) groups is 1. The van der Waals surface area contributed by atoms with Gasteiger partial charge in [-0.15, -0.1) is 0 Å². The molecule has 1 unspecified atom stereocenters. The van der Waals surface area contributed by atoms with Gasteiger partial charge in [0.25, 0.3) is 5.91 Å². The van der Waals surface area contributed by atoms with E-state index < -0.39 is 5.60 Å². The van der Waals surface area contributed by atoms with Crippen molar-refractivity contribution >= 4 is 11.7 Å². The average Bonchev–Trinajstić information content (AvgIpc) is 2.86. The highest BCUT2D eigenvalue weighted by molar-refractivity contribution is 5.97. The summed E-state index contributed by atoms with van der Waals surface area (Å²) in [5, 5.41) is 15.6. The van der Waals surface area contributed by atoms with Crippen LogP contribution < -0.4 is 5.32 Å². The van der Waals surface area contributed by atoms with Gasteiger partial charge in [0, 0.05) is 19.9 Å². The number of aromatic nitrogens is 2. The van der Waals surface area contributed by atoms with Crippen LogP contribution in [-0.4, -0.2) is 27.9 Å². The molecular weight excluding hydrogens is 220 g/mol. The first-order valence-electron chi connectivity index (χ1n) is 5.44. The Balaban J connectivity index is 2.15. The van der Waals surface area contributed by atoms with Gasteiger partial charge < -0.3 is 10.1 Å². The summed E-state index contributed by atoms with van der Waals surface area (Å²) in [7, 11) is 1.70. The van der Waals surface area contributed by atoms with Gasteiger partial charge in [-0.05, 0) is 19.8 Å². The molecule has 1 saturated heterocycles. The number of rotatable bonds is 2. The summed E-state index contributed by atoms with van der Waals surface area (Å²) < 4.78 is 6.92. The van der Waals surface area contributed by atoms with Crippen LogP contribution in [0.1, 0.15) is 25.3 Å². The zero-order valence-corrected chi connectivity index (χ0v) is 9.86. The van der Waals surface area contributed by atoms with Gasteiger partial charge in [0.15, 0.2) is 5.82 Å². The molecule has 1 amide bonds. The molecule has 0 saturated carbocycles. The first-order valence-corrected chi connectivity index (χ1v) is 5.44. The Morgan fingerprint density at radius 2 is 2.53 bits per heavy atom. The maximum atomic E-state index is 12.0. The lowest BCUT2D eigenvalue weighted by molar-refractivity contribution is -0.133. The van der Waals surface area contributed by atoms with Crippen LogP contribution in [0.4, 0.5) is 5.82 Å². The fourth-order valence-corrected chi connectivity index (χ4v) is 1.86. The number of anilines is 1. The number of hydrogen-bond acceptors (Lipinski definition) is 4. The number of nitriles is 1. The van der Waals surface area contributed by atoms with Gasteiger partial charge in [-0.2, -0.15) is 10.4 Å². The first kappa shape index (κ1) is 11.6. The van der Waals surface area contributed by atoms with E-state index in [1.165, 1.54) is 4.68 Å². The largest absolute Gasteiger partial charge is 0.365 e. The number of ether oxygens (including phenoxy) is 1. The Morgan fingerprint density at radius 3 is 3.12 bits per heavy atom. The topological polar surface area (TPSA) is 79.9 Å². The highest BCUT2D eigenvalue weighted by atomic mass is 16.5. The van der Waals surface area contributed by atoms with Gasteiger partial charge in [-0.25, -0.2) is 0 Å². The zero-order chi connectivity index (χ0) is 12.5. The van der Waals surface area contributed by atoms with E-state index in [-0.39, 0.29) is 11.7 Å². The Kier molecular flexibility index (Phi) is 2.86. The second-order valence-electron chi connectivity index (χ2n) is 4.31. The van der Waals surface area contributed by atoms with Crippen molar-refractivity contribution in [3.05, 3.63) is 11.8 Å². The summed E-state index contributed by atoms with van der Waals surface area (Å²) >= 11 is 0. The molecule has 1 aliphatic heterocycles. The Bertz CT molecular complexity index is 480. The molecule has 1 fully saturated rings. The van der Waals surface area contributed by atoms with Gasteiger partial charge in [0.2, 0.25) is 0 Å². The molecule has 0 radical (unpaired) electrons. The molecule has 90 valence electrons. The standard InChI is InChI=1S/C11H14N4O2/c1-11(4-3-5-17-11)10(16)13-9-8(6-12)7-15(2)14-9/h7H,3-5H2,1-2H3,(H,13,14,16). The van der Waals surface area contributed by atoms with E-state index in [0.29, 0.717) is 18.6 Å². The lowest BCUT2D eigenvalue weighted by Crippen LogP contribution is -2.39. The first-order chi connectivity index (χ1) is 8.05. The maximum Gasteiger partial charge on any atom is 0.257 e. The van der Waals surface area contributed by atoms with Crippen molar-refractivity contribution in [2.45, 2.75) is 25.4 Å². The molecule has 1 N–H and O–H groups in total. The fraction of sp³-hybridized carbons (Fsp3) is 0.545. The van der Waals surface area contributed by atoms with Gasteiger partial charge in [0.1, 0.15) is 17.2 Å². The second kappa shape index (κ2) is 4.18. The summed E-state index contributed by atoms with van der Waals surface area (Å²) in [6.07, 6.45) is 3.12. The molecule has 1 atom stereocenters. The Hall–Kier alpha value is -1.87. The van der Waals surface area contributed by atoms with E-state index in [4.69, 9.17) is 10.00 Å². The van der Waals surface area contributed by atoms with Crippen LogP contribution in [0.3, 0.4) is 0 Å². The molecule has 6 heteroatoms. The minimum atomic E-state index is -0.801. The minimum Gasteiger partial charge on any atom is -0.365 e. The number of hydrogen-bond donors (Lipinski definition) is 1. The van der Waals surface area contributed by atoms with Crippen LogP contribution in [-0.2, 0) is 16.6 Å². The van der Waals surface area contributed by atoms with E-state index in [1.807, 2.05) is 6.07 Å². The molecule has 1 aliphatic rings. The van der Waals surface area contributed by atoms with Crippen molar-refractivity contribution in [3.63, 3.8) is 0 Å². The molecule has 1 aromatic rings. The second-order valence-corrected chi connectivity index (χ2v) is 4.31. The molecular formula is C11H14N4O2. The molecule has 6 nitrogen and oxygen atoms in total. The predicted octanol–water partition coefficient (Wildman–Crippen LogP) is 0.799. The molecule has 0 spiro atoms. The number of aryl methyl sites for hydroxylation is 1. The number of carbonyl (C=O) groups excluding carboxylic acids is 1. The highest BCUT2D eigenvalue weighted by Crippen LogP contribution is 2.26. The molecule has 2 heterocycles. The summed E-state index contributed by atoms with van der Waals surface area (Å²) in [5.74, 6) is 0.0434. The number of amides is 1. The van der Waals surface area contributed by atoms with E-state index in [9.17, 15) is 4.79 Å². The molecule has 1 aromatic heterocycles. The van der Waals surface area contributed by atoms with Crippen molar-refractivity contribution in [2.24, 2.45) is 7.05 Å². The molecule has 2 rings (SSSR count). The third-order valence-electron chi connectivity index (χ3n) is 2.88. The average molecular weight is 234 g/mol.